The molecule has 1 unspecified atom stereocenters. The lowest BCUT2D eigenvalue weighted by Crippen LogP contribution is -2.29. The summed E-state index contributed by atoms with van der Waals surface area (Å²) in [7, 11) is 0. The Morgan fingerprint density at radius 1 is 1.09 bits per heavy atom. The SMILES string of the molecule is Cc1cccc(OCCCn2c(C(C)NC(=O)c3cccnc3)nc3ccccc32)c1C. The van der Waals surface area contributed by atoms with Crippen molar-refractivity contribution in [2.45, 2.75) is 39.8 Å². The molecule has 0 aliphatic carbocycles. The summed E-state index contributed by atoms with van der Waals surface area (Å²) in [4.78, 5) is 21.5. The molecule has 6 heteroatoms. The molecule has 2 heterocycles. The Hall–Kier alpha value is -3.67. The predicted octanol–water partition coefficient (Wildman–Crippen LogP) is 5.01. The minimum absolute atomic E-state index is 0.164. The Morgan fingerprint density at radius 3 is 2.75 bits per heavy atom. The fourth-order valence-corrected chi connectivity index (χ4v) is 3.79. The monoisotopic (exact) mass is 428 g/mol. The Bertz CT molecular complexity index is 1220. The molecule has 4 aromatic rings. The van der Waals surface area contributed by atoms with Crippen molar-refractivity contribution < 1.29 is 9.53 Å². The minimum Gasteiger partial charge on any atom is -0.493 e. The molecule has 0 aliphatic heterocycles. The smallest absolute Gasteiger partial charge is 0.253 e. The maximum Gasteiger partial charge on any atom is 0.253 e. The van der Waals surface area contributed by atoms with Gasteiger partial charge in [-0.1, -0.05) is 24.3 Å². The summed E-state index contributed by atoms with van der Waals surface area (Å²) in [5.41, 5.74) is 4.90. The highest BCUT2D eigenvalue weighted by molar-refractivity contribution is 5.94. The third-order valence-corrected chi connectivity index (χ3v) is 5.68. The molecule has 0 saturated heterocycles. The van der Waals surface area contributed by atoms with Gasteiger partial charge in [0.2, 0.25) is 0 Å². The molecular weight excluding hydrogens is 400 g/mol. The van der Waals surface area contributed by atoms with Crippen molar-refractivity contribution in [3.05, 3.63) is 89.5 Å². The number of carbonyl (C=O) groups excluding carboxylic acids is 1. The molecule has 0 radical (unpaired) electrons. The zero-order valence-corrected chi connectivity index (χ0v) is 18.7. The van der Waals surface area contributed by atoms with Gasteiger partial charge in [-0.05, 0) is 68.7 Å². The highest BCUT2D eigenvalue weighted by atomic mass is 16.5. The standard InChI is InChI=1S/C26H28N4O2/c1-18-9-6-13-24(19(18)2)32-16-8-15-30-23-12-5-4-11-22(23)29-25(30)20(3)28-26(31)21-10-7-14-27-17-21/h4-7,9-14,17,20H,8,15-16H2,1-3H3,(H,28,31). The van der Waals surface area contributed by atoms with Gasteiger partial charge in [0, 0.05) is 18.9 Å². The van der Waals surface area contributed by atoms with Crippen LogP contribution in [0.5, 0.6) is 5.75 Å². The number of pyridine rings is 1. The third-order valence-electron chi connectivity index (χ3n) is 5.68. The number of imidazole rings is 1. The number of hydrogen-bond acceptors (Lipinski definition) is 4. The number of fused-ring (bicyclic) bond motifs is 1. The number of nitrogens with one attached hydrogen (secondary N) is 1. The number of aryl methyl sites for hydroxylation is 2. The number of carbonyl (C=O) groups is 1. The number of benzene rings is 2. The lowest BCUT2D eigenvalue weighted by molar-refractivity contribution is 0.0937. The van der Waals surface area contributed by atoms with Crippen LogP contribution in [0.3, 0.4) is 0 Å². The highest BCUT2D eigenvalue weighted by Gasteiger charge is 2.19. The summed E-state index contributed by atoms with van der Waals surface area (Å²) >= 11 is 0. The summed E-state index contributed by atoms with van der Waals surface area (Å²) < 4.78 is 8.22. The zero-order valence-electron chi connectivity index (χ0n) is 18.7. The Morgan fingerprint density at radius 2 is 1.94 bits per heavy atom. The van der Waals surface area contributed by atoms with Gasteiger partial charge in [-0.3, -0.25) is 9.78 Å². The van der Waals surface area contributed by atoms with E-state index in [4.69, 9.17) is 9.72 Å². The third kappa shape index (κ3) is 4.64. The van der Waals surface area contributed by atoms with E-state index < -0.39 is 0 Å². The van der Waals surface area contributed by atoms with Gasteiger partial charge in [-0.15, -0.1) is 0 Å². The largest absolute Gasteiger partial charge is 0.493 e. The molecule has 0 spiro atoms. The van der Waals surface area contributed by atoms with E-state index in [1.165, 1.54) is 11.1 Å². The van der Waals surface area contributed by atoms with Gasteiger partial charge in [-0.2, -0.15) is 0 Å². The lowest BCUT2D eigenvalue weighted by atomic mass is 10.1. The van der Waals surface area contributed by atoms with Gasteiger partial charge in [0.15, 0.2) is 0 Å². The van der Waals surface area contributed by atoms with Crippen LogP contribution in [0.2, 0.25) is 0 Å². The van der Waals surface area contributed by atoms with Crippen molar-refractivity contribution >= 4 is 16.9 Å². The van der Waals surface area contributed by atoms with Crippen LogP contribution in [0.25, 0.3) is 11.0 Å². The number of para-hydroxylation sites is 2. The second-order valence-corrected chi connectivity index (χ2v) is 7.95. The van der Waals surface area contributed by atoms with Crippen LogP contribution in [0.15, 0.2) is 67.0 Å². The second-order valence-electron chi connectivity index (χ2n) is 7.95. The van der Waals surface area contributed by atoms with Gasteiger partial charge >= 0.3 is 0 Å². The highest BCUT2D eigenvalue weighted by Crippen LogP contribution is 2.23. The van der Waals surface area contributed by atoms with Crippen LogP contribution in [0.1, 0.15) is 46.7 Å². The molecule has 2 aromatic heterocycles. The van der Waals surface area contributed by atoms with Crippen molar-refractivity contribution in [2.75, 3.05) is 6.61 Å². The molecule has 4 rings (SSSR count). The van der Waals surface area contributed by atoms with Crippen LogP contribution in [-0.4, -0.2) is 27.0 Å². The fraction of sp³-hybridized carbons (Fsp3) is 0.269. The number of nitrogens with zero attached hydrogens (tertiary/aromatic N) is 3. The molecule has 32 heavy (non-hydrogen) atoms. The van der Waals surface area contributed by atoms with Crippen LogP contribution in [-0.2, 0) is 6.54 Å². The summed E-state index contributed by atoms with van der Waals surface area (Å²) in [6, 6.07) is 17.4. The van der Waals surface area contributed by atoms with Crippen molar-refractivity contribution in [1.29, 1.82) is 0 Å². The van der Waals surface area contributed by atoms with Gasteiger partial charge in [0.1, 0.15) is 11.6 Å². The maximum atomic E-state index is 12.6. The first-order valence-corrected chi connectivity index (χ1v) is 10.9. The molecule has 0 fully saturated rings. The lowest BCUT2D eigenvalue weighted by Gasteiger charge is -2.17. The number of amides is 1. The van der Waals surface area contributed by atoms with Gasteiger partial charge in [0.05, 0.1) is 29.2 Å². The normalized spacial score (nSPS) is 12.0. The van der Waals surface area contributed by atoms with E-state index in [0.717, 1.165) is 35.6 Å². The van der Waals surface area contributed by atoms with Crippen molar-refractivity contribution in [1.82, 2.24) is 19.9 Å². The Balaban J connectivity index is 1.48. The average molecular weight is 429 g/mol. The summed E-state index contributed by atoms with van der Waals surface area (Å²) in [6.07, 6.45) is 4.04. The Kier molecular flexibility index (Phi) is 6.50. The van der Waals surface area contributed by atoms with Crippen LogP contribution >= 0.6 is 0 Å². The molecule has 6 nitrogen and oxygen atoms in total. The quantitative estimate of drug-likeness (QED) is 0.401. The number of ether oxygens (including phenoxy) is 1. The Labute approximate surface area is 188 Å². The van der Waals surface area contributed by atoms with Crippen LogP contribution in [0.4, 0.5) is 0 Å². The van der Waals surface area contributed by atoms with Crippen LogP contribution in [0, 0.1) is 13.8 Å². The molecule has 0 bridgehead atoms. The first-order valence-electron chi connectivity index (χ1n) is 10.9. The van der Waals surface area contributed by atoms with E-state index in [1.807, 2.05) is 37.3 Å². The van der Waals surface area contributed by atoms with Gasteiger partial charge in [-0.25, -0.2) is 4.98 Å². The first kappa shape index (κ1) is 21.6. The molecule has 1 N–H and O–H groups in total. The van der Waals surface area contributed by atoms with Crippen molar-refractivity contribution in [3.63, 3.8) is 0 Å². The number of aromatic nitrogens is 3. The molecule has 1 amide bonds. The molecular formula is C26H28N4O2. The van der Waals surface area contributed by atoms with Gasteiger partial charge < -0.3 is 14.6 Å². The summed E-state index contributed by atoms with van der Waals surface area (Å²) in [6.45, 7) is 7.48. The summed E-state index contributed by atoms with van der Waals surface area (Å²) in [5, 5.41) is 3.05. The van der Waals surface area contributed by atoms with E-state index >= 15 is 0 Å². The minimum atomic E-state index is -0.255. The second kappa shape index (κ2) is 9.64. The molecule has 164 valence electrons. The van der Waals surface area contributed by atoms with Crippen molar-refractivity contribution in [3.8, 4) is 5.75 Å². The number of hydrogen-bond donors (Lipinski definition) is 1. The van der Waals surface area contributed by atoms with E-state index in [0.29, 0.717) is 12.2 Å². The molecule has 1 atom stereocenters. The average Bonchev–Trinajstić information content (AvgIpc) is 3.18. The van der Waals surface area contributed by atoms with Gasteiger partial charge in [0.25, 0.3) is 5.91 Å². The maximum absolute atomic E-state index is 12.6. The van der Waals surface area contributed by atoms with E-state index in [-0.39, 0.29) is 11.9 Å². The zero-order chi connectivity index (χ0) is 22.5. The molecule has 2 aromatic carbocycles. The fourth-order valence-electron chi connectivity index (χ4n) is 3.79. The number of rotatable bonds is 8. The van der Waals surface area contributed by atoms with E-state index in [2.05, 4.69) is 40.8 Å². The summed E-state index contributed by atoms with van der Waals surface area (Å²) in [5.74, 6) is 1.59. The van der Waals surface area contributed by atoms with Crippen LogP contribution < -0.4 is 10.1 Å². The van der Waals surface area contributed by atoms with Crippen molar-refractivity contribution in [2.24, 2.45) is 0 Å². The first-order chi connectivity index (χ1) is 15.5. The topological polar surface area (TPSA) is 69.0 Å². The van der Waals surface area contributed by atoms with E-state index in [1.54, 1.807) is 24.5 Å². The van der Waals surface area contributed by atoms with E-state index in [9.17, 15) is 4.79 Å². The predicted molar refractivity (Wildman–Crippen MR) is 126 cm³/mol. The molecule has 0 saturated carbocycles. The molecule has 0 aliphatic rings.